The van der Waals surface area contributed by atoms with Crippen molar-refractivity contribution in [3.8, 4) is 5.75 Å². The van der Waals surface area contributed by atoms with Gasteiger partial charge in [0.05, 0.1) is 26.2 Å². The Labute approximate surface area is 175 Å². The first-order valence-electron chi connectivity index (χ1n) is 10.1. The molecule has 1 aliphatic carbocycles. The summed E-state index contributed by atoms with van der Waals surface area (Å²) >= 11 is 0. The van der Waals surface area contributed by atoms with Gasteiger partial charge < -0.3 is 19.9 Å². The van der Waals surface area contributed by atoms with Crippen molar-refractivity contribution in [2.45, 2.75) is 70.4 Å². The zero-order chi connectivity index (χ0) is 19.7. The summed E-state index contributed by atoms with van der Waals surface area (Å²) in [5.74, 6) is 1.04. The number of nitrogens with one attached hydrogen (secondary N) is 1. The lowest BCUT2D eigenvalue weighted by molar-refractivity contribution is -0.147. The molecule has 1 atom stereocenters. The fraction of sp³-hybridized carbons (Fsp3) is 0.682. The minimum absolute atomic E-state index is 0. The number of aliphatic hydroxyl groups excluding tert-OH is 1. The lowest BCUT2D eigenvalue weighted by Gasteiger charge is -2.28. The lowest BCUT2D eigenvalue weighted by atomic mass is 9.90. The van der Waals surface area contributed by atoms with E-state index in [1.165, 1.54) is 24.8 Å². The van der Waals surface area contributed by atoms with Crippen molar-refractivity contribution in [3.05, 3.63) is 29.8 Å². The number of carbonyl (C=O) groups is 1. The molecule has 0 saturated heterocycles. The van der Waals surface area contributed by atoms with Crippen LogP contribution in [-0.4, -0.2) is 43.0 Å². The molecule has 0 aromatic heterocycles. The molecule has 1 fully saturated rings. The summed E-state index contributed by atoms with van der Waals surface area (Å²) in [6.45, 7) is 5.04. The first kappa shape index (κ1) is 24.7. The van der Waals surface area contributed by atoms with Crippen molar-refractivity contribution >= 4 is 18.4 Å². The van der Waals surface area contributed by atoms with Crippen LogP contribution in [0.1, 0.15) is 57.9 Å². The smallest absolute Gasteiger partial charge is 0.308 e. The van der Waals surface area contributed by atoms with Gasteiger partial charge in [-0.2, -0.15) is 0 Å². The first-order chi connectivity index (χ1) is 12.9. The average molecular weight is 414 g/mol. The number of halogens is 1. The fourth-order valence-corrected chi connectivity index (χ4v) is 3.60. The van der Waals surface area contributed by atoms with Crippen molar-refractivity contribution in [1.82, 2.24) is 5.32 Å². The molecule has 1 aromatic rings. The average Bonchev–Trinajstić information content (AvgIpc) is 2.66. The number of carbonyl (C=O) groups excluding carboxylic acids is 1. The summed E-state index contributed by atoms with van der Waals surface area (Å²) in [5, 5.41) is 13.5. The molecule has 6 heteroatoms. The van der Waals surface area contributed by atoms with Crippen molar-refractivity contribution < 1.29 is 19.4 Å². The number of hydrogen-bond acceptors (Lipinski definition) is 5. The largest absolute Gasteiger partial charge is 0.497 e. The van der Waals surface area contributed by atoms with Gasteiger partial charge in [-0.05, 0) is 56.7 Å². The molecule has 160 valence electrons. The molecule has 2 rings (SSSR count). The molecule has 0 radical (unpaired) electrons. The molecule has 1 saturated carbocycles. The highest BCUT2D eigenvalue weighted by Gasteiger charge is 2.21. The van der Waals surface area contributed by atoms with Crippen molar-refractivity contribution in [2.75, 3.05) is 20.3 Å². The Balaban J connectivity index is 0.00000392. The maximum atomic E-state index is 12.0. The van der Waals surface area contributed by atoms with Crippen LogP contribution in [0.3, 0.4) is 0 Å². The quantitative estimate of drug-likeness (QED) is 0.569. The van der Waals surface area contributed by atoms with Crippen LogP contribution in [-0.2, 0) is 16.0 Å². The second-order valence-corrected chi connectivity index (χ2v) is 8.33. The number of hydrogen-bond donors (Lipinski definition) is 2. The molecule has 2 N–H and O–H groups in total. The van der Waals surface area contributed by atoms with E-state index >= 15 is 0 Å². The zero-order valence-electron chi connectivity index (χ0n) is 17.4. The predicted octanol–water partition coefficient (Wildman–Crippen LogP) is 3.90. The summed E-state index contributed by atoms with van der Waals surface area (Å²) in [6, 6.07) is 7.98. The van der Waals surface area contributed by atoms with Gasteiger partial charge in [0.2, 0.25) is 0 Å². The Morgan fingerprint density at radius 1 is 1.21 bits per heavy atom. The van der Waals surface area contributed by atoms with Crippen LogP contribution in [0.25, 0.3) is 0 Å². The third kappa shape index (κ3) is 9.26. The summed E-state index contributed by atoms with van der Waals surface area (Å²) < 4.78 is 10.5. The number of benzene rings is 1. The molecule has 0 spiro atoms. The fourth-order valence-electron chi connectivity index (χ4n) is 3.60. The summed E-state index contributed by atoms with van der Waals surface area (Å²) in [6.07, 6.45) is 6.18. The Hall–Kier alpha value is -1.30. The van der Waals surface area contributed by atoms with E-state index < -0.39 is 6.10 Å². The highest BCUT2D eigenvalue weighted by molar-refractivity contribution is 5.85. The predicted molar refractivity (Wildman–Crippen MR) is 114 cm³/mol. The molecule has 1 unspecified atom stereocenters. The third-order valence-electron chi connectivity index (χ3n) is 5.23. The van der Waals surface area contributed by atoms with Crippen LogP contribution in [0.2, 0.25) is 0 Å². The van der Waals surface area contributed by atoms with Gasteiger partial charge in [0, 0.05) is 12.1 Å². The van der Waals surface area contributed by atoms with Crippen LogP contribution >= 0.6 is 12.4 Å². The van der Waals surface area contributed by atoms with E-state index in [4.69, 9.17) is 9.47 Å². The van der Waals surface area contributed by atoms with E-state index in [2.05, 4.69) is 19.2 Å². The van der Waals surface area contributed by atoms with E-state index in [-0.39, 0.29) is 30.3 Å². The summed E-state index contributed by atoms with van der Waals surface area (Å²) in [7, 11) is 1.65. The van der Waals surface area contributed by atoms with Gasteiger partial charge in [-0.3, -0.25) is 4.79 Å². The normalized spacial score (nSPS) is 16.1. The molecule has 28 heavy (non-hydrogen) atoms. The molecule has 1 aliphatic rings. The zero-order valence-corrected chi connectivity index (χ0v) is 18.2. The second-order valence-electron chi connectivity index (χ2n) is 8.33. The molecule has 0 aliphatic heterocycles. The number of esters is 1. The van der Waals surface area contributed by atoms with Crippen LogP contribution in [0, 0.1) is 5.92 Å². The summed E-state index contributed by atoms with van der Waals surface area (Å²) in [4.78, 5) is 12.0. The minimum atomic E-state index is -0.737. The number of rotatable bonds is 10. The number of aliphatic hydroxyl groups is 1. The highest BCUT2D eigenvalue weighted by Crippen LogP contribution is 2.23. The van der Waals surface area contributed by atoms with Gasteiger partial charge in [-0.1, -0.05) is 31.4 Å². The molecule has 5 nitrogen and oxygen atoms in total. The monoisotopic (exact) mass is 413 g/mol. The Kier molecular flexibility index (Phi) is 10.9. The van der Waals surface area contributed by atoms with E-state index in [9.17, 15) is 9.90 Å². The lowest BCUT2D eigenvalue weighted by Crippen LogP contribution is -2.45. The minimum Gasteiger partial charge on any atom is -0.497 e. The van der Waals surface area contributed by atoms with Crippen molar-refractivity contribution in [3.63, 3.8) is 0 Å². The Bertz CT molecular complexity index is 570. The molecule has 0 heterocycles. The molecule has 1 aromatic carbocycles. The van der Waals surface area contributed by atoms with Gasteiger partial charge in [0.15, 0.2) is 0 Å². The molecular formula is C22H36ClNO4. The third-order valence-corrected chi connectivity index (χ3v) is 5.23. The maximum absolute atomic E-state index is 12.0. The van der Waals surface area contributed by atoms with Gasteiger partial charge in [0.25, 0.3) is 0 Å². The van der Waals surface area contributed by atoms with Crippen molar-refractivity contribution in [1.29, 1.82) is 0 Å². The number of β-amino-alcohol motifs (C(OH)–C–C–N with tert-alkyl or cyclic N) is 1. The Morgan fingerprint density at radius 2 is 1.86 bits per heavy atom. The van der Waals surface area contributed by atoms with E-state index in [1.807, 2.05) is 24.3 Å². The standard InChI is InChI=1S/C22H35NO4.ClH/c1-22(2,14-17-9-11-20(26-3)12-10-17)23-15-19(24)13-21(25)27-16-18-7-5-4-6-8-18;/h9-12,18-19,23-24H,4-8,13-16H2,1-3H3;1H. The second kappa shape index (κ2) is 12.3. The number of methoxy groups -OCH3 is 1. The SMILES string of the molecule is COc1ccc(CC(C)(C)NCC(O)CC(=O)OCC2CCCCC2)cc1.Cl. The van der Waals surface area contributed by atoms with Crippen LogP contribution < -0.4 is 10.1 Å². The van der Waals surface area contributed by atoms with E-state index in [0.717, 1.165) is 25.0 Å². The van der Waals surface area contributed by atoms with Gasteiger partial charge in [0.1, 0.15) is 5.75 Å². The first-order valence-corrected chi connectivity index (χ1v) is 10.1. The van der Waals surface area contributed by atoms with Crippen LogP contribution in [0.4, 0.5) is 0 Å². The van der Waals surface area contributed by atoms with Gasteiger partial charge in [-0.15, -0.1) is 12.4 Å². The summed E-state index contributed by atoms with van der Waals surface area (Å²) in [5.41, 5.74) is 0.997. The molecule has 0 amide bonds. The van der Waals surface area contributed by atoms with Gasteiger partial charge in [-0.25, -0.2) is 0 Å². The topological polar surface area (TPSA) is 67.8 Å². The number of ether oxygens (including phenoxy) is 2. The highest BCUT2D eigenvalue weighted by atomic mass is 35.5. The molecule has 0 bridgehead atoms. The maximum Gasteiger partial charge on any atom is 0.308 e. The molecular weight excluding hydrogens is 378 g/mol. The van der Waals surface area contributed by atoms with Gasteiger partial charge >= 0.3 is 5.97 Å². The van der Waals surface area contributed by atoms with Crippen LogP contribution in [0.15, 0.2) is 24.3 Å². The Morgan fingerprint density at radius 3 is 2.46 bits per heavy atom. The van der Waals surface area contributed by atoms with E-state index in [1.54, 1.807) is 7.11 Å². The van der Waals surface area contributed by atoms with E-state index in [0.29, 0.717) is 19.1 Å². The van der Waals surface area contributed by atoms with Crippen LogP contribution in [0.5, 0.6) is 5.75 Å². The van der Waals surface area contributed by atoms with Crippen molar-refractivity contribution in [2.24, 2.45) is 5.92 Å².